The summed E-state index contributed by atoms with van der Waals surface area (Å²) in [6, 6.07) is 4.76. The highest BCUT2D eigenvalue weighted by atomic mass is 15.2. The Bertz CT molecular complexity index is 514. The average Bonchev–Trinajstić information content (AvgIpc) is 2.52. The van der Waals surface area contributed by atoms with Gasteiger partial charge in [0.15, 0.2) is 0 Å². The fourth-order valence-electron chi connectivity index (χ4n) is 3.36. The maximum atomic E-state index is 3.42. The van der Waals surface area contributed by atoms with Gasteiger partial charge >= 0.3 is 0 Å². The number of rotatable bonds is 2. The van der Waals surface area contributed by atoms with Crippen LogP contribution in [0.1, 0.15) is 37.0 Å². The molecule has 19 heavy (non-hydrogen) atoms. The van der Waals surface area contributed by atoms with Crippen LogP contribution in [0.2, 0.25) is 0 Å². The quantitative estimate of drug-likeness (QED) is 0.872. The standard InChI is InChI=1S/C17H24N2/c1-12(2)7-14-8-13(3)9-15-10-16-11-18-5-4-6-19(16)17(14)15/h8-9,11-12,18H,4-7,10H2,1-3H3. The molecule has 2 heterocycles. The van der Waals surface area contributed by atoms with Gasteiger partial charge in [0.25, 0.3) is 0 Å². The third kappa shape index (κ3) is 2.36. The molecule has 0 unspecified atom stereocenters. The number of fused-ring (bicyclic) bond motifs is 3. The van der Waals surface area contributed by atoms with Crippen molar-refractivity contribution in [3.05, 3.63) is 40.7 Å². The van der Waals surface area contributed by atoms with Crippen molar-refractivity contribution in [3.63, 3.8) is 0 Å². The van der Waals surface area contributed by atoms with Crippen LogP contribution >= 0.6 is 0 Å². The van der Waals surface area contributed by atoms with Gasteiger partial charge < -0.3 is 10.2 Å². The molecule has 0 radical (unpaired) electrons. The van der Waals surface area contributed by atoms with Crippen molar-refractivity contribution < 1.29 is 0 Å². The molecular formula is C17H24N2. The van der Waals surface area contributed by atoms with E-state index < -0.39 is 0 Å². The number of allylic oxidation sites excluding steroid dienone is 1. The Hall–Kier alpha value is -1.44. The lowest BCUT2D eigenvalue weighted by Crippen LogP contribution is -2.20. The molecule has 0 atom stereocenters. The highest BCUT2D eigenvalue weighted by molar-refractivity contribution is 5.70. The molecule has 0 saturated carbocycles. The topological polar surface area (TPSA) is 15.3 Å². The maximum absolute atomic E-state index is 3.42. The Morgan fingerprint density at radius 2 is 2.16 bits per heavy atom. The normalized spacial score (nSPS) is 17.7. The second kappa shape index (κ2) is 4.92. The summed E-state index contributed by atoms with van der Waals surface area (Å²) in [6.45, 7) is 9.09. The lowest BCUT2D eigenvalue weighted by Gasteiger charge is -2.23. The molecule has 0 saturated heterocycles. The van der Waals surface area contributed by atoms with Gasteiger partial charge in [0, 0.05) is 37.1 Å². The fraction of sp³-hybridized carbons (Fsp3) is 0.529. The first-order valence-electron chi connectivity index (χ1n) is 7.47. The van der Waals surface area contributed by atoms with E-state index in [1.54, 1.807) is 0 Å². The number of nitrogens with one attached hydrogen (secondary N) is 1. The van der Waals surface area contributed by atoms with Crippen molar-refractivity contribution in [3.8, 4) is 0 Å². The maximum Gasteiger partial charge on any atom is 0.0478 e. The number of nitrogens with zero attached hydrogens (tertiary/aromatic N) is 1. The molecule has 0 bridgehead atoms. The van der Waals surface area contributed by atoms with Gasteiger partial charge in [-0.3, -0.25) is 0 Å². The molecule has 1 N–H and O–H groups in total. The average molecular weight is 256 g/mol. The lowest BCUT2D eigenvalue weighted by atomic mass is 9.96. The summed E-state index contributed by atoms with van der Waals surface area (Å²) in [6.07, 6.45) is 5.71. The molecule has 2 aliphatic rings. The third-order valence-corrected chi connectivity index (χ3v) is 4.00. The van der Waals surface area contributed by atoms with Gasteiger partial charge in [-0.25, -0.2) is 0 Å². The molecule has 0 amide bonds. The zero-order chi connectivity index (χ0) is 13.4. The van der Waals surface area contributed by atoms with Crippen LogP contribution in [0.15, 0.2) is 24.0 Å². The van der Waals surface area contributed by atoms with Crippen molar-refractivity contribution in [2.24, 2.45) is 5.92 Å². The Morgan fingerprint density at radius 3 is 2.95 bits per heavy atom. The van der Waals surface area contributed by atoms with Crippen LogP contribution in [0.25, 0.3) is 0 Å². The zero-order valence-electron chi connectivity index (χ0n) is 12.3. The van der Waals surface area contributed by atoms with Gasteiger partial charge in [0.1, 0.15) is 0 Å². The van der Waals surface area contributed by atoms with Gasteiger partial charge in [-0.15, -0.1) is 0 Å². The fourth-order valence-corrected chi connectivity index (χ4v) is 3.36. The molecular weight excluding hydrogens is 232 g/mol. The van der Waals surface area contributed by atoms with E-state index in [2.05, 4.69) is 49.3 Å². The Balaban J connectivity index is 2.06. The van der Waals surface area contributed by atoms with Crippen LogP contribution < -0.4 is 10.2 Å². The highest BCUT2D eigenvalue weighted by Gasteiger charge is 2.27. The predicted molar refractivity (Wildman–Crippen MR) is 81.5 cm³/mol. The van der Waals surface area contributed by atoms with E-state index in [-0.39, 0.29) is 0 Å². The van der Waals surface area contributed by atoms with E-state index in [1.165, 1.54) is 40.9 Å². The van der Waals surface area contributed by atoms with Gasteiger partial charge in [0.2, 0.25) is 0 Å². The Morgan fingerprint density at radius 1 is 1.32 bits per heavy atom. The van der Waals surface area contributed by atoms with Crippen LogP contribution in [-0.2, 0) is 12.8 Å². The second-order valence-electron chi connectivity index (χ2n) is 6.30. The first-order chi connectivity index (χ1) is 9.15. The van der Waals surface area contributed by atoms with Crippen molar-refractivity contribution in [2.75, 3.05) is 18.0 Å². The Labute approximate surface area is 116 Å². The number of anilines is 1. The van der Waals surface area contributed by atoms with Gasteiger partial charge in [-0.1, -0.05) is 31.5 Å². The number of aryl methyl sites for hydroxylation is 1. The SMILES string of the molecule is Cc1cc2c(c(CC(C)C)c1)N1CCCNC=C1C2. The van der Waals surface area contributed by atoms with Crippen molar-refractivity contribution >= 4 is 5.69 Å². The molecule has 0 aromatic heterocycles. The van der Waals surface area contributed by atoms with Gasteiger partial charge in [0.05, 0.1) is 0 Å². The van der Waals surface area contributed by atoms with E-state index in [0.29, 0.717) is 5.92 Å². The van der Waals surface area contributed by atoms with Crippen molar-refractivity contribution in [1.29, 1.82) is 0 Å². The summed E-state index contributed by atoms with van der Waals surface area (Å²) in [4.78, 5) is 2.55. The Kier molecular flexibility index (Phi) is 3.26. The van der Waals surface area contributed by atoms with Crippen molar-refractivity contribution in [1.82, 2.24) is 5.32 Å². The van der Waals surface area contributed by atoms with Crippen LogP contribution in [0.3, 0.4) is 0 Å². The van der Waals surface area contributed by atoms with Crippen LogP contribution in [-0.4, -0.2) is 13.1 Å². The minimum absolute atomic E-state index is 0.712. The van der Waals surface area contributed by atoms with E-state index in [4.69, 9.17) is 0 Å². The van der Waals surface area contributed by atoms with E-state index in [0.717, 1.165) is 19.5 Å². The molecule has 0 fully saturated rings. The van der Waals surface area contributed by atoms with E-state index in [9.17, 15) is 0 Å². The molecule has 3 rings (SSSR count). The van der Waals surface area contributed by atoms with Gasteiger partial charge in [-0.05, 0) is 36.8 Å². The minimum Gasteiger partial charge on any atom is -0.389 e. The van der Waals surface area contributed by atoms with Crippen LogP contribution in [0.5, 0.6) is 0 Å². The third-order valence-electron chi connectivity index (χ3n) is 4.00. The van der Waals surface area contributed by atoms with Crippen molar-refractivity contribution in [2.45, 2.75) is 40.0 Å². The van der Waals surface area contributed by atoms with Crippen LogP contribution in [0, 0.1) is 12.8 Å². The summed E-state index contributed by atoms with van der Waals surface area (Å²) < 4.78 is 0. The van der Waals surface area contributed by atoms with Gasteiger partial charge in [-0.2, -0.15) is 0 Å². The second-order valence-corrected chi connectivity index (χ2v) is 6.30. The zero-order valence-corrected chi connectivity index (χ0v) is 12.3. The highest BCUT2D eigenvalue weighted by Crippen LogP contribution is 2.39. The smallest absolute Gasteiger partial charge is 0.0478 e. The lowest BCUT2D eigenvalue weighted by molar-refractivity contribution is 0.645. The number of benzene rings is 1. The number of hydrogen-bond donors (Lipinski definition) is 1. The molecule has 102 valence electrons. The first-order valence-corrected chi connectivity index (χ1v) is 7.47. The first kappa shape index (κ1) is 12.6. The molecule has 2 aliphatic heterocycles. The summed E-state index contributed by atoms with van der Waals surface area (Å²) in [7, 11) is 0. The molecule has 0 aliphatic carbocycles. The molecule has 1 aromatic rings. The molecule has 1 aromatic carbocycles. The van der Waals surface area contributed by atoms with E-state index >= 15 is 0 Å². The van der Waals surface area contributed by atoms with E-state index in [1.807, 2.05) is 0 Å². The molecule has 2 heteroatoms. The van der Waals surface area contributed by atoms with Crippen LogP contribution in [0.4, 0.5) is 5.69 Å². The predicted octanol–water partition coefficient (Wildman–Crippen LogP) is 3.39. The summed E-state index contributed by atoms with van der Waals surface area (Å²) in [5.74, 6) is 0.712. The summed E-state index contributed by atoms with van der Waals surface area (Å²) in [5.41, 5.74) is 7.42. The molecule has 2 nitrogen and oxygen atoms in total. The largest absolute Gasteiger partial charge is 0.389 e. The monoisotopic (exact) mass is 256 g/mol. The number of hydrogen-bond acceptors (Lipinski definition) is 2. The summed E-state index contributed by atoms with van der Waals surface area (Å²) >= 11 is 0. The summed E-state index contributed by atoms with van der Waals surface area (Å²) in [5, 5.41) is 3.42. The molecule has 0 spiro atoms. The minimum atomic E-state index is 0.712.